The summed E-state index contributed by atoms with van der Waals surface area (Å²) in [6.07, 6.45) is 3.89. The van der Waals surface area contributed by atoms with Gasteiger partial charge in [-0.05, 0) is 18.8 Å². The van der Waals surface area contributed by atoms with Crippen LogP contribution in [-0.2, 0) is 0 Å². The molecule has 0 spiro atoms. The van der Waals surface area contributed by atoms with Crippen molar-refractivity contribution in [2.75, 3.05) is 6.54 Å². The van der Waals surface area contributed by atoms with Gasteiger partial charge in [-0.25, -0.2) is 0 Å². The second-order valence-electron chi connectivity index (χ2n) is 4.37. The topological polar surface area (TPSA) is 12.0 Å². The van der Waals surface area contributed by atoms with E-state index in [1.807, 2.05) is 0 Å². The van der Waals surface area contributed by atoms with Crippen molar-refractivity contribution in [3.63, 3.8) is 0 Å². The van der Waals surface area contributed by atoms with Gasteiger partial charge in [-0.1, -0.05) is 34.1 Å². The predicted octanol–water partition coefficient (Wildman–Crippen LogP) is 3.25. The fraction of sp³-hybridized carbons (Fsp3) is 1.00. The molecule has 0 aliphatic carbocycles. The van der Waals surface area contributed by atoms with Crippen LogP contribution in [0.25, 0.3) is 0 Å². The summed E-state index contributed by atoms with van der Waals surface area (Å²) in [6.45, 7) is 10.5. The Balaban J connectivity index is 2.50. The third-order valence-electron chi connectivity index (χ3n) is 3.08. The fourth-order valence-electron chi connectivity index (χ4n) is 1.98. The quantitative estimate of drug-likeness (QED) is 0.749. The van der Waals surface area contributed by atoms with Gasteiger partial charge in [0.15, 0.2) is 0 Å². The van der Waals surface area contributed by atoms with Gasteiger partial charge in [0.1, 0.15) is 0 Å². The Kier molecular flexibility index (Phi) is 4.11. The molecule has 0 aromatic rings. The first-order valence-electron chi connectivity index (χ1n) is 5.54. The highest BCUT2D eigenvalue weighted by atomic mass is 32.2. The first kappa shape index (κ1) is 11.4. The summed E-state index contributed by atoms with van der Waals surface area (Å²) in [4.78, 5) is 0.398. The third kappa shape index (κ3) is 2.88. The van der Waals surface area contributed by atoms with Crippen LogP contribution in [0.15, 0.2) is 0 Å². The van der Waals surface area contributed by atoms with Crippen LogP contribution in [0.3, 0.4) is 0 Å². The van der Waals surface area contributed by atoms with E-state index in [0.717, 1.165) is 11.2 Å². The maximum absolute atomic E-state index is 3.70. The third-order valence-corrected chi connectivity index (χ3v) is 4.70. The average Bonchev–Trinajstić information content (AvgIpc) is 2.48. The summed E-state index contributed by atoms with van der Waals surface area (Å²) >= 11 is 2.15. The van der Waals surface area contributed by atoms with Crippen LogP contribution in [0.5, 0.6) is 0 Å². The molecule has 0 aromatic carbocycles. The van der Waals surface area contributed by atoms with Crippen LogP contribution in [-0.4, -0.2) is 16.7 Å². The van der Waals surface area contributed by atoms with Crippen LogP contribution < -0.4 is 5.32 Å². The predicted molar refractivity (Wildman–Crippen MR) is 62.1 cm³/mol. The molecule has 3 unspecified atom stereocenters. The van der Waals surface area contributed by atoms with Crippen molar-refractivity contribution >= 4 is 11.8 Å². The summed E-state index contributed by atoms with van der Waals surface area (Å²) in [7, 11) is 0. The van der Waals surface area contributed by atoms with Crippen LogP contribution >= 0.6 is 11.8 Å². The molecular formula is C11H23NS. The molecule has 0 radical (unpaired) electrons. The molecule has 0 saturated carbocycles. The highest BCUT2D eigenvalue weighted by Crippen LogP contribution is 2.40. The van der Waals surface area contributed by atoms with Gasteiger partial charge in [0, 0.05) is 11.8 Å². The molecule has 2 heteroatoms. The second-order valence-corrected chi connectivity index (χ2v) is 6.20. The highest BCUT2D eigenvalue weighted by Gasteiger charge is 2.36. The lowest BCUT2D eigenvalue weighted by Crippen LogP contribution is -2.38. The maximum atomic E-state index is 3.70. The van der Waals surface area contributed by atoms with Crippen molar-refractivity contribution in [1.29, 1.82) is 0 Å². The summed E-state index contributed by atoms with van der Waals surface area (Å²) in [5, 5.41) is 4.49. The molecule has 1 heterocycles. The monoisotopic (exact) mass is 201 g/mol. The van der Waals surface area contributed by atoms with E-state index in [-0.39, 0.29) is 0 Å². The summed E-state index contributed by atoms with van der Waals surface area (Å²) in [5.74, 6) is 0.852. The number of hydrogen-bond acceptors (Lipinski definition) is 2. The van der Waals surface area contributed by atoms with Gasteiger partial charge >= 0.3 is 0 Å². The summed E-state index contributed by atoms with van der Waals surface area (Å²) in [6, 6.07) is 0. The lowest BCUT2D eigenvalue weighted by molar-refractivity contribution is 0.369. The smallest absolute Gasteiger partial charge is 0.0648 e. The van der Waals surface area contributed by atoms with Gasteiger partial charge in [-0.3, -0.25) is 0 Å². The van der Waals surface area contributed by atoms with Crippen molar-refractivity contribution in [2.24, 2.45) is 5.92 Å². The molecule has 13 heavy (non-hydrogen) atoms. The van der Waals surface area contributed by atoms with Crippen molar-refractivity contribution in [3.8, 4) is 0 Å². The summed E-state index contributed by atoms with van der Waals surface area (Å²) in [5.41, 5.74) is 0. The molecule has 1 saturated heterocycles. The Morgan fingerprint density at radius 2 is 2.23 bits per heavy atom. The Hall–Kier alpha value is 0.310. The molecule has 1 fully saturated rings. The van der Waals surface area contributed by atoms with Crippen molar-refractivity contribution in [1.82, 2.24) is 5.32 Å². The fourth-order valence-corrected chi connectivity index (χ4v) is 3.63. The SMILES string of the molecule is CCC(C)CC1(CC)NCC(C)S1. The van der Waals surface area contributed by atoms with E-state index < -0.39 is 0 Å². The molecule has 0 bridgehead atoms. The van der Waals surface area contributed by atoms with E-state index in [4.69, 9.17) is 0 Å². The zero-order chi connectivity index (χ0) is 9.90. The first-order chi connectivity index (χ1) is 6.12. The maximum Gasteiger partial charge on any atom is 0.0648 e. The van der Waals surface area contributed by atoms with E-state index in [2.05, 4.69) is 44.8 Å². The number of hydrogen-bond donors (Lipinski definition) is 1. The second kappa shape index (κ2) is 4.70. The zero-order valence-electron chi connectivity index (χ0n) is 9.39. The average molecular weight is 201 g/mol. The minimum absolute atomic E-state index is 0.398. The van der Waals surface area contributed by atoms with Crippen molar-refractivity contribution in [2.45, 2.75) is 57.1 Å². The normalized spacial score (nSPS) is 36.5. The van der Waals surface area contributed by atoms with Crippen LogP contribution in [0, 0.1) is 5.92 Å². The molecule has 1 aliphatic rings. The number of nitrogens with one attached hydrogen (secondary N) is 1. The van der Waals surface area contributed by atoms with Gasteiger partial charge in [0.2, 0.25) is 0 Å². The molecule has 1 rings (SSSR count). The molecule has 1 N–H and O–H groups in total. The lowest BCUT2D eigenvalue weighted by Gasteiger charge is -2.30. The minimum atomic E-state index is 0.398. The number of thioether (sulfide) groups is 1. The van der Waals surface area contributed by atoms with Crippen molar-refractivity contribution < 1.29 is 0 Å². The van der Waals surface area contributed by atoms with E-state index in [0.29, 0.717) is 4.87 Å². The van der Waals surface area contributed by atoms with Gasteiger partial charge in [0.05, 0.1) is 4.87 Å². The lowest BCUT2D eigenvalue weighted by atomic mass is 9.97. The molecule has 3 atom stereocenters. The van der Waals surface area contributed by atoms with E-state index in [1.165, 1.54) is 25.8 Å². The Labute approximate surface area is 87.1 Å². The first-order valence-corrected chi connectivity index (χ1v) is 6.42. The largest absolute Gasteiger partial charge is 0.302 e. The van der Waals surface area contributed by atoms with E-state index >= 15 is 0 Å². The van der Waals surface area contributed by atoms with Crippen LogP contribution in [0.1, 0.15) is 47.0 Å². The Bertz CT molecular complexity index is 160. The summed E-state index contributed by atoms with van der Waals surface area (Å²) < 4.78 is 0. The van der Waals surface area contributed by atoms with E-state index in [9.17, 15) is 0 Å². The number of rotatable bonds is 4. The molecule has 78 valence electrons. The van der Waals surface area contributed by atoms with Crippen LogP contribution in [0.4, 0.5) is 0 Å². The molecule has 0 amide bonds. The van der Waals surface area contributed by atoms with Crippen molar-refractivity contribution in [3.05, 3.63) is 0 Å². The molecule has 1 nitrogen and oxygen atoms in total. The van der Waals surface area contributed by atoms with Gasteiger partial charge in [0.25, 0.3) is 0 Å². The van der Waals surface area contributed by atoms with Gasteiger partial charge in [-0.15, -0.1) is 11.8 Å². The van der Waals surface area contributed by atoms with E-state index in [1.54, 1.807) is 0 Å². The molecule has 1 aliphatic heterocycles. The molecule has 0 aromatic heterocycles. The Morgan fingerprint density at radius 1 is 1.54 bits per heavy atom. The van der Waals surface area contributed by atoms with Gasteiger partial charge < -0.3 is 5.32 Å². The highest BCUT2D eigenvalue weighted by molar-refractivity contribution is 8.01. The standard InChI is InChI=1S/C11H23NS/c1-5-9(3)7-11(6-2)12-8-10(4)13-11/h9-10,12H,5-8H2,1-4H3. The Morgan fingerprint density at radius 3 is 2.62 bits per heavy atom. The van der Waals surface area contributed by atoms with Crippen LogP contribution in [0.2, 0.25) is 0 Å². The minimum Gasteiger partial charge on any atom is -0.302 e. The molecular weight excluding hydrogens is 178 g/mol. The zero-order valence-corrected chi connectivity index (χ0v) is 10.2. The van der Waals surface area contributed by atoms with Gasteiger partial charge in [-0.2, -0.15) is 0 Å².